The third-order valence-electron chi connectivity index (χ3n) is 1.86. The number of hydrogen-bond donors (Lipinski definition) is 0. The average molecular weight is 198 g/mol. The van der Waals surface area contributed by atoms with Crippen LogP contribution in [-0.4, -0.2) is 13.7 Å². The lowest BCUT2D eigenvalue weighted by atomic mass is 10.0. The summed E-state index contributed by atoms with van der Waals surface area (Å²) in [5, 5.41) is 0. The Kier molecular flexibility index (Phi) is 7.03. The monoisotopic (exact) mass is 198 g/mol. The van der Waals surface area contributed by atoms with Gasteiger partial charge in [0.05, 0.1) is 6.61 Å². The number of ether oxygens (including phenoxy) is 1. The summed E-state index contributed by atoms with van der Waals surface area (Å²) in [6.45, 7) is 6.72. The van der Waals surface area contributed by atoms with Gasteiger partial charge in [0.25, 0.3) is 0 Å². The van der Waals surface area contributed by atoms with Crippen LogP contribution in [0, 0.1) is 5.82 Å². The van der Waals surface area contributed by atoms with Gasteiger partial charge in [-0.15, -0.1) is 0 Å². The summed E-state index contributed by atoms with van der Waals surface area (Å²) < 4.78 is 17.5. The summed E-state index contributed by atoms with van der Waals surface area (Å²) >= 11 is 0. The van der Waals surface area contributed by atoms with Crippen molar-refractivity contribution in [1.29, 1.82) is 0 Å². The van der Waals surface area contributed by atoms with Crippen molar-refractivity contribution in [3.63, 3.8) is 0 Å². The van der Waals surface area contributed by atoms with Gasteiger partial charge in [0.15, 0.2) is 0 Å². The highest BCUT2D eigenvalue weighted by atomic mass is 19.1. The number of benzene rings is 1. The van der Waals surface area contributed by atoms with Gasteiger partial charge in [-0.2, -0.15) is 0 Å². The number of hydrogen-bond acceptors (Lipinski definition) is 1. The first-order valence-corrected chi connectivity index (χ1v) is 4.98. The zero-order chi connectivity index (χ0) is 11.0. The van der Waals surface area contributed by atoms with E-state index in [0.29, 0.717) is 12.5 Å². The van der Waals surface area contributed by atoms with Gasteiger partial charge in [-0.25, -0.2) is 4.39 Å². The van der Waals surface area contributed by atoms with Crippen LogP contribution in [0.2, 0.25) is 0 Å². The first-order valence-electron chi connectivity index (χ1n) is 4.98. The Bertz CT molecular complexity index is 231. The van der Waals surface area contributed by atoms with Gasteiger partial charge in [0.2, 0.25) is 0 Å². The molecular weight excluding hydrogens is 179 g/mol. The zero-order valence-electron chi connectivity index (χ0n) is 9.38. The fourth-order valence-corrected chi connectivity index (χ4v) is 1.14. The lowest BCUT2D eigenvalue weighted by molar-refractivity contribution is 0.184. The van der Waals surface area contributed by atoms with Crippen LogP contribution in [0.1, 0.15) is 32.3 Å². The van der Waals surface area contributed by atoms with Crippen LogP contribution in [0.25, 0.3) is 0 Å². The van der Waals surface area contributed by atoms with Gasteiger partial charge in [0, 0.05) is 13.0 Å². The maximum absolute atomic E-state index is 12.5. The maximum atomic E-state index is 12.5. The Morgan fingerprint density at radius 3 is 2.14 bits per heavy atom. The lowest BCUT2D eigenvalue weighted by Crippen LogP contribution is -2.01. The van der Waals surface area contributed by atoms with E-state index in [1.165, 1.54) is 12.1 Å². The van der Waals surface area contributed by atoms with E-state index in [0.717, 1.165) is 5.56 Å². The Morgan fingerprint density at radius 2 is 1.71 bits per heavy atom. The SMILES string of the molecule is CC.COCC(C)c1ccc(F)cc1. The molecule has 0 aliphatic heterocycles. The Hall–Kier alpha value is -0.890. The average Bonchev–Trinajstić information content (AvgIpc) is 2.22. The Balaban J connectivity index is 0.000000791. The van der Waals surface area contributed by atoms with Crippen LogP contribution >= 0.6 is 0 Å². The van der Waals surface area contributed by atoms with Crippen LogP contribution in [-0.2, 0) is 4.74 Å². The molecule has 80 valence electrons. The molecular formula is C12H19FO. The van der Waals surface area contributed by atoms with Crippen LogP contribution in [0.4, 0.5) is 4.39 Å². The van der Waals surface area contributed by atoms with Gasteiger partial charge in [-0.05, 0) is 17.7 Å². The molecule has 1 aromatic rings. The first kappa shape index (κ1) is 13.1. The summed E-state index contributed by atoms with van der Waals surface area (Å²) in [5.74, 6) is 0.138. The molecule has 0 bridgehead atoms. The highest BCUT2D eigenvalue weighted by Gasteiger charge is 2.03. The largest absolute Gasteiger partial charge is 0.384 e. The number of rotatable bonds is 3. The molecule has 1 atom stereocenters. The molecule has 1 unspecified atom stereocenters. The van der Waals surface area contributed by atoms with E-state index in [1.54, 1.807) is 19.2 Å². The second-order valence-electron chi connectivity index (χ2n) is 2.91. The summed E-state index contributed by atoms with van der Waals surface area (Å²) in [6.07, 6.45) is 0. The third kappa shape index (κ3) is 4.38. The van der Waals surface area contributed by atoms with Crippen LogP contribution in [0.3, 0.4) is 0 Å². The molecule has 0 radical (unpaired) electrons. The maximum Gasteiger partial charge on any atom is 0.123 e. The van der Waals surface area contributed by atoms with Crippen molar-refractivity contribution >= 4 is 0 Å². The Morgan fingerprint density at radius 1 is 1.21 bits per heavy atom. The normalized spacial score (nSPS) is 11.5. The van der Waals surface area contributed by atoms with E-state index in [4.69, 9.17) is 4.74 Å². The van der Waals surface area contributed by atoms with Gasteiger partial charge in [-0.3, -0.25) is 0 Å². The number of halogens is 1. The van der Waals surface area contributed by atoms with E-state index < -0.39 is 0 Å². The molecule has 0 aromatic heterocycles. The third-order valence-corrected chi connectivity index (χ3v) is 1.86. The van der Waals surface area contributed by atoms with Crippen molar-refractivity contribution in [3.05, 3.63) is 35.6 Å². The van der Waals surface area contributed by atoms with Crippen molar-refractivity contribution in [1.82, 2.24) is 0 Å². The molecule has 0 aliphatic rings. The minimum absolute atomic E-state index is 0.191. The molecule has 2 heteroatoms. The highest BCUT2D eigenvalue weighted by molar-refractivity contribution is 5.19. The van der Waals surface area contributed by atoms with Crippen molar-refractivity contribution in [2.45, 2.75) is 26.7 Å². The predicted molar refractivity (Wildman–Crippen MR) is 58.0 cm³/mol. The van der Waals surface area contributed by atoms with Crippen molar-refractivity contribution in [2.24, 2.45) is 0 Å². The summed E-state index contributed by atoms with van der Waals surface area (Å²) in [7, 11) is 1.67. The van der Waals surface area contributed by atoms with Crippen molar-refractivity contribution in [2.75, 3.05) is 13.7 Å². The van der Waals surface area contributed by atoms with Gasteiger partial charge < -0.3 is 4.74 Å². The van der Waals surface area contributed by atoms with E-state index in [-0.39, 0.29) is 5.82 Å². The molecule has 0 saturated carbocycles. The van der Waals surface area contributed by atoms with E-state index in [2.05, 4.69) is 6.92 Å². The van der Waals surface area contributed by atoms with Crippen molar-refractivity contribution < 1.29 is 9.13 Å². The van der Waals surface area contributed by atoms with Crippen LogP contribution in [0.5, 0.6) is 0 Å². The molecule has 0 saturated heterocycles. The lowest BCUT2D eigenvalue weighted by Gasteiger charge is -2.09. The fraction of sp³-hybridized carbons (Fsp3) is 0.500. The summed E-state index contributed by atoms with van der Waals surface area (Å²) in [5.41, 5.74) is 1.11. The zero-order valence-corrected chi connectivity index (χ0v) is 9.38. The van der Waals surface area contributed by atoms with Crippen molar-refractivity contribution in [3.8, 4) is 0 Å². The second-order valence-corrected chi connectivity index (χ2v) is 2.91. The number of methoxy groups -OCH3 is 1. The molecule has 0 spiro atoms. The molecule has 1 nitrogen and oxygen atoms in total. The van der Waals surface area contributed by atoms with Crippen LogP contribution < -0.4 is 0 Å². The molecule has 0 amide bonds. The fourth-order valence-electron chi connectivity index (χ4n) is 1.14. The molecule has 1 aromatic carbocycles. The standard InChI is InChI=1S/C10H13FO.C2H6/c1-8(7-12-2)9-3-5-10(11)6-4-9;1-2/h3-6,8H,7H2,1-2H3;1-2H3. The summed E-state index contributed by atoms with van der Waals surface area (Å²) in [6, 6.07) is 6.53. The highest BCUT2D eigenvalue weighted by Crippen LogP contribution is 2.15. The molecule has 1 rings (SSSR count). The topological polar surface area (TPSA) is 9.23 Å². The minimum atomic E-state index is -0.191. The van der Waals surface area contributed by atoms with Crippen LogP contribution in [0.15, 0.2) is 24.3 Å². The molecule has 0 N–H and O–H groups in total. The van der Waals surface area contributed by atoms with E-state index >= 15 is 0 Å². The first-order chi connectivity index (χ1) is 6.74. The molecule has 14 heavy (non-hydrogen) atoms. The smallest absolute Gasteiger partial charge is 0.123 e. The second kappa shape index (κ2) is 7.51. The molecule has 0 fully saturated rings. The van der Waals surface area contributed by atoms with Gasteiger partial charge in [-0.1, -0.05) is 32.9 Å². The minimum Gasteiger partial charge on any atom is -0.384 e. The van der Waals surface area contributed by atoms with Gasteiger partial charge >= 0.3 is 0 Å². The summed E-state index contributed by atoms with van der Waals surface area (Å²) in [4.78, 5) is 0. The molecule has 0 heterocycles. The predicted octanol–water partition coefficient (Wildman–Crippen LogP) is 3.60. The molecule has 0 aliphatic carbocycles. The van der Waals surface area contributed by atoms with Gasteiger partial charge in [0.1, 0.15) is 5.82 Å². The van der Waals surface area contributed by atoms with E-state index in [9.17, 15) is 4.39 Å². The quantitative estimate of drug-likeness (QED) is 0.721. The van der Waals surface area contributed by atoms with E-state index in [1.807, 2.05) is 13.8 Å². The Labute approximate surface area is 85.9 Å².